The smallest absolute Gasteiger partial charge is 0.338 e. The van der Waals surface area contributed by atoms with E-state index in [4.69, 9.17) is 4.74 Å². The third-order valence-corrected chi connectivity index (χ3v) is 5.32. The highest BCUT2D eigenvalue weighted by molar-refractivity contribution is 8.00. The molecule has 28 heavy (non-hydrogen) atoms. The zero-order valence-corrected chi connectivity index (χ0v) is 16.6. The van der Waals surface area contributed by atoms with Crippen molar-refractivity contribution >= 4 is 40.1 Å². The van der Waals surface area contributed by atoms with Crippen LogP contribution in [0.4, 0.5) is 5.69 Å². The largest absolute Gasteiger partial charge is 0.462 e. The SMILES string of the molecule is CCCCOC(=O)c1ccc(NC(=O)CSc2cccc3ccccc23)cc1. The molecule has 0 spiro atoms. The van der Waals surface area contributed by atoms with E-state index < -0.39 is 0 Å². The fourth-order valence-electron chi connectivity index (χ4n) is 2.74. The van der Waals surface area contributed by atoms with Crippen molar-refractivity contribution in [2.45, 2.75) is 24.7 Å². The van der Waals surface area contributed by atoms with E-state index in [1.54, 1.807) is 24.3 Å². The average molecular weight is 394 g/mol. The minimum absolute atomic E-state index is 0.0868. The van der Waals surface area contributed by atoms with E-state index >= 15 is 0 Å². The lowest BCUT2D eigenvalue weighted by Crippen LogP contribution is -2.14. The van der Waals surface area contributed by atoms with E-state index in [1.807, 2.05) is 31.2 Å². The third kappa shape index (κ3) is 5.36. The number of unbranched alkanes of at least 4 members (excludes halogenated alkanes) is 1. The van der Waals surface area contributed by atoms with Gasteiger partial charge in [0.05, 0.1) is 17.9 Å². The maximum atomic E-state index is 12.3. The molecule has 0 radical (unpaired) electrons. The van der Waals surface area contributed by atoms with Gasteiger partial charge in [-0.05, 0) is 47.5 Å². The molecule has 0 saturated heterocycles. The fraction of sp³-hybridized carbons (Fsp3) is 0.217. The zero-order chi connectivity index (χ0) is 19.8. The van der Waals surface area contributed by atoms with Crippen LogP contribution in [0.25, 0.3) is 10.8 Å². The van der Waals surface area contributed by atoms with Gasteiger partial charge in [-0.15, -0.1) is 11.8 Å². The van der Waals surface area contributed by atoms with Gasteiger partial charge in [0.25, 0.3) is 0 Å². The number of anilines is 1. The number of rotatable bonds is 8. The van der Waals surface area contributed by atoms with Crippen molar-refractivity contribution in [2.24, 2.45) is 0 Å². The van der Waals surface area contributed by atoms with Gasteiger partial charge in [-0.1, -0.05) is 49.7 Å². The topological polar surface area (TPSA) is 55.4 Å². The molecule has 0 aliphatic heterocycles. The maximum absolute atomic E-state index is 12.3. The lowest BCUT2D eigenvalue weighted by molar-refractivity contribution is -0.113. The normalized spacial score (nSPS) is 10.6. The number of benzene rings is 3. The Bertz CT molecular complexity index is 948. The van der Waals surface area contributed by atoms with E-state index in [2.05, 4.69) is 23.5 Å². The number of fused-ring (bicyclic) bond motifs is 1. The minimum Gasteiger partial charge on any atom is -0.462 e. The van der Waals surface area contributed by atoms with Crippen LogP contribution in [0.2, 0.25) is 0 Å². The van der Waals surface area contributed by atoms with Crippen molar-refractivity contribution in [1.82, 2.24) is 0 Å². The second-order valence-corrected chi connectivity index (χ2v) is 7.40. The molecule has 3 aromatic rings. The summed E-state index contributed by atoms with van der Waals surface area (Å²) < 4.78 is 5.18. The molecule has 4 nitrogen and oxygen atoms in total. The highest BCUT2D eigenvalue weighted by Gasteiger charge is 2.09. The molecule has 1 amide bonds. The molecule has 5 heteroatoms. The molecule has 0 aliphatic rings. The summed E-state index contributed by atoms with van der Waals surface area (Å²) in [5, 5.41) is 5.18. The molecule has 0 fully saturated rings. The van der Waals surface area contributed by atoms with Gasteiger partial charge in [0, 0.05) is 10.6 Å². The Morgan fingerprint density at radius 3 is 2.50 bits per heavy atom. The van der Waals surface area contributed by atoms with Crippen molar-refractivity contribution in [2.75, 3.05) is 17.7 Å². The maximum Gasteiger partial charge on any atom is 0.338 e. The number of thioether (sulfide) groups is 1. The molecular weight excluding hydrogens is 370 g/mol. The Morgan fingerprint density at radius 2 is 1.71 bits per heavy atom. The third-order valence-electron chi connectivity index (χ3n) is 4.24. The Morgan fingerprint density at radius 1 is 0.964 bits per heavy atom. The van der Waals surface area contributed by atoms with E-state index in [9.17, 15) is 9.59 Å². The predicted molar refractivity (Wildman–Crippen MR) is 115 cm³/mol. The standard InChI is InChI=1S/C23H23NO3S/c1-2-3-15-27-23(26)18-11-13-19(14-12-18)24-22(25)16-28-21-10-6-8-17-7-4-5-9-20(17)21/h4-14H,2-3,15-16H2,1H3,(H,24,25). The van der Waals surface area contributed by atoms with Gasteiger partial charge >= 0.3 is 5.97 Å². The summed E-state index contributed by atoms with van der Waals surface area (Å²) in [5.41, 5.74) is 1.15. The minimum atomic E-state index is -0.335. The van der Waals surface area contributed by atoms with Crippen LogP contribution in [0.5, 0.6) is 0 Å². The van der Waals surface area contributed by atoms with Crippen molar-refractivity contribution < 1.29 is 14.3 Å². The lowest BCUT2D eigenvalue weighted by Gasteiger charge is -2.08. The fourth-order valence-corrected chi connectivity index (χ4v) is 3.62. The van der Waals surface area contributed by atoms with Gasteiger partial charge in [-0.2, -0.15) is 0 Å². The van der Waals surface area contributed by atoms with Crippen LogP contribution in [0.15, 0.2) is 71.6 Å². The van der Waals surface area contributed by atoms with Crippen LogP contribution < -0.4 is 5.32 Å². The molecule has 0 heterocycles. The van der Waals surface area contributed by atoms with Crippen molar-refractivity contribution in [1.29, 1.82) is 0 Å². The first-order chi connectivity index (χ1) is 13.7. The first-order valence-corrected chi connectivity index (χ1v) is 10.3. The average Bonchev–Trinajstić information content (AvgIpc) is 2.73. The van der Waals surface area contributed by atoms with Crippen molar-refractivity contribution in [3.63, 3.8) is 0 Å². The second kappa shape index (κ2) is 9.95. The number of ether oxygens (including phenoxy) is 1. The first-order valence-electron chi connectivity index (χ1n) is 9.35. The van der Waals surface area contributed by atoms with Gasteiger partial charge in [0.1, 0.15) is 0 Å². The summed E-state index contributed by atoms with van der Waals surface area (Å²) in [7, 11) is 0. The summed E-state index contributed by atoms with van der Waals surface area (Å²) >= 11 is 1.51. The summed E-state index contributed by atoms with van der Waals surface area (Å²) in [6, 6.07) is 21.0. The van der Waals surface area contributed by atoms with Crippen LogP contribution in [0, 0.1) is 0 Å². The highest BCUT2D eigenvalue weighted by atomic mass is 32.2. The Kier molecular flexibility index (Phi) is 7.09. The van der Waals surface area contributed by atoms with Crippen LogP contribution >= 0.6 is 11.8 Å². The summed E-state index contributed by atoms with van der Waals surface area (Å²) in [6.07, 6.45) is 1.84. The molecule has 144 valence electrons. The molecule has 3 aromatic carbocycles. The molecule has 0 atom stereocenters. The van der Waals surface area contributed by atoms with Crippen LogP contribution in [0.1, 0.15) is 30.1 Å². The van der Waals surface area contributed by atoms with Crippen LogP contribution in [0.3, 0.4) is 0 Å². The van der Waals surface area contributed by atoms with E-state index in [1.165, 1.54) is 11.8 Å². The van der Waals surface area contributed by atoms with Crippen molar-refractivity contribution in [3.05, 3.63) is 72.3 Å². The Labute approximate surface area is 169 Å². The zero-order valence-electron chi connectivity index (χ0n) is 15.8. The summed E-state index contributed by atoms with van der Waals surface area (Å²) in [6.45, 7) is 2.48. The van der Waals surface area contributed by atoms with E-state index in [0.29, 0.717) is 23.6 Å². The molecule has 1 N–H and O–H groups in total. The molecule has 0 aromatic heterocycles. The molecule has 0 saturated carbocycles. The summed E-state index contributed by atoms with van der Waals surface area (Å²) in [5.74, 6) is -0.108. The summed E-state index contributed by atoms with van der Waals surface area (Å²) in [4.78, 5) is 25.3. The second-order valence-electron chi connectivity index (χ2n) is 6.38. The number of hydrogen-bond donors (Lipinski definition) is 1. The number of carbonyl (C=O) groups excluding carboxylic acids is 2. The lowest BCUT2D eigenvalue weighted by atomic mass is 10.1. The number of amides is 1. The first kappa shape index (κ1) is 20.0. The quantitative estimate of drug-likeness (QED) is 0.311. The molecule has 3 rings (SSSR count). The van der Waals surface area contributed by atoms with Crippen LogP contribution in [-0.2, 0) is 9.53 Å². The van der Waals surface area contributed by atoms with Crippen LogP contribution in [-0.4, -0.2) is 24.2 Å². The number of esters is 1. The van der Waals surface area contributed by atoms with Gasteiger partial charge in [0.2, 0.25) is 5.91 Å². The number of nitrogens with one attached hydrogen (secondary N) is 1. The molecule has 0 unspecified atom stereocenters. The molecule has 0 bridgehead atoms. The number of carbonyl (C=O) groups is 2. The monoisotopic (exact) mass is 393 g/mol. The van der Waals surface area contributed by atoms with E-state index in [0.717, 1.165) is 28.5 Å². The number of hydrogen-bond acceptors (Lipinski definition) is 4. The van der Waals surface area contributed by atoms with Crippen molar-refractivity contribution in [3.8, 4) is 0 Å². The van der Waals surface area contributed by atoms with E-state index in [-0.39, 0.29) is 11.9 Å². The Balaban J connectivity index is 1.54. The van der Waals surface area contributed by atoms with Gasteiger partial charge in [-0.25, -0.2) is 4.79 Å². The van der Waals surface area contributed by atoms with Gasteiger partial charge in [0.15, 0.2) is 0 Å². The van der Waals surface area contributed by atoms with Gasteiger partial charge < -0.3 is 10.1 Å². The van der Waals surface area contributed by atoms with Gasteiger partial charge in [-0.3, -0.25) is 4.79 Å². The Hall–Kier alpha value is -2.79. The highest BCUT2D eigenvalue weighted by Crippen LogP contribution is 2.27. The predicted octanol–water partition coefficient (Wildman–Crippen LogP) is 5.53. The molecule has 0 aliphatic carbocycles. The molecular formula is C23H23NO3S.